The molecular weight excluding hydrogens is 311 g/mol. The van der Waals surface area contributed by atoms with E-state index in [0.29, 0.717) is 36.3 Å². The topological polar surface area (TPSA) is 82.2 Å². The van der Waals surface area contributed by atoms with Gasteiger partial charge in [-0.15, -0.1) is 0 Å². The van der Waals surface area contributed by atoms with E-state index in [-0.39, 0.29) is 19.4 Å². The predicted octanol–water partition coefficient (Wildman–Crippen LogP) is 2.67. The zero-order chi connectivity index (χ0) is 17.0. The van der Waals surface area contributed by atoms with Gasteiger partial charge in [-0.2, -0.15) is 4.98 Å². The van der Waals surface area contributed by atoms with E-state index in [0.717, 1.165) is 19.2 Å². The standard InChI is InChI=1S/C16H29N4O2P/c1-11(2)23(12(3)4)10-22-8-7-20-15(21)9-14(19-16(20)17)18-13-5-6-13/h9,11-13,18H,5-8,10H2,1-4H3,(H2,17,19). The Kier molecular flexibility index (Phi) is 6.42. The van der Waals surface area contributed by atoms with Gasteiger partial charge in [0.2, 0.25) is 5.95 Å². The molecule has 6 nitrogen and oxygen atoms in total. The molecule has 0 aliphatic heterocycles. The summed E-state index contributed by atoms with van der Waals surface area (Å²) in [4.78, 5) is 16.4. The first-order chi connectivity index (χ1) is 10.9. The number of nitrogens with zero attached hydrogens (tertiary/aromatic N) is 2. The Hall–Kier alpha value is -1.13. The molecular formula is C16H29N4O2P. The summed E-state index contributed by atoms with van der Waals surface area (Å²) >= 11 is 0. The van der Waals surface area contributed by atoms with Crippen LogP contribution in [-0.4, -0.2) is 39.9 Å². The fourth-order valence-corrected chi connectivity index (χ4v) is 4.61. The molecule has 1 aliphatic rings. The maximum absolute atomic E-state index is 12.2. The van der Waals surface area contributed by atoms with Crippen LogP contribution in [0.4, 0.5) is 11.8 Å². The molecule has 0 unspecified atom stereocenters. The zero-order valence-corrected chi connectivity index (χ0v) is 15.5. The Morgan fingerprint density at radius 2 is 2.04 bits per heavy atom. The Bertz CT molecular complexity index is 562. The van der Waals surface area contributed by atoms with Crippen LogP contribution in [-0.2, 0) is 11.3 Å². The highest BCUT2D eigenvalue weighted by Crippen LogP contribution is 2.45. The normalized spacial score (nSPS) is 14.9. The molecule has 1 aliphatic carbocycles. The molecule has 1 aromatic heterocycles. The molecule has 2 rings (SSSR count). The number of ether oxygens (including phenoxy) is 1. The molecule has 1 heterocycles. The van der Waals surface area contributed by atoms with Crippen LogP contribution in [0.25, 0.3) is 0 Å². The fourth-order valence-electron chi connectivity index (χ4n) is 2.48. The van der Waals surface area contributed by atoms with Crippen LogP contribution in [0.1, 0.15) is 40.5 Å². The van der Waals surface area contributed by atoms with Crippen LogP contribution in [0.15, 0.2) is 10.9 Å². The van der Waals surface area contributed by atoms with Crippen LogP contribution in [0.5, 0.6) is 0 Å². The average molecular weight is 340 g/mol. The predicted molar refractivity (Wildman–Crippen MR) is 97.6 cm³/mol. The Morgan fingerprint density at radius 1 is 1.39 bits per heavy atom. The van der Waals surface area contributed by atoms with Crippen molar-refractivity contribution in [2.45, 2.75) is 64.4 Å². The van der Waals surface area contributed by atoms with Crippen molar-refractivity contribution in [2.24, 2.45) is 0 Å². The van der Waals surface area contributed by atoms with E-state index in [2.05, 4.69) is 38.0 Å². The Balaban J connectivity index is 1.86. The fraction of sp³-hybridized carbons (Fsp3) is 0.750. The number of rotatable bonds is 9. The van der Waals surface area contributed by atoms with Gasteiger partial charge in [-0.25, -0.2) is 0 Å². The van der Waals surface area contributed by atoms with E-state index < -0.39 is 0 Å². The summed E-state index contributed by atoms with van der Waals surface area (Å²) in [6, 6.07) is 1.97. The second-order valence-electron chi connectivity index (χ2n) is 6.65. The van der Waals surface area contributed by atoms with E-state index in [4.69, 9.17) is 10.5 Å². The van der Waals surface area contributed by atoms with E-state index in [1.165, 1.54) is 10.6 Å². The largest absolute Gasteiger partial charge is 0.375 e. The first-order valence-electron chi connectivity index (χ1n) is 8.36. The Labute approximate surface area is 139 Å². The van der Waals surface area contributed by atoms with Gasteiger partial charge in [-0.1, -0.05) is 35.6 Å². The van der Waals surface area contributed by atoms with Gasteiger partial charge in [-0.05, 0) is 24.2 Å². The maximum Gasteiger partial charge on any atom is 0.257 e. The summed E-state index contributed by atoms with van der Waals surface area (Å²) in [5, 5.41) is 3.20. The summed E-state index contributed by atoms with van der Waals surface area (Å²) in [6.45, 7) is 9.90. The summed E-state index contributed by atoms with van der Waals surface area (Å²) in [7, 11) is -0.149. The molecule has 3 N–H and O–H groups in total. The molecule has 0 bridgehead atoms. The zero-order valence-electron chi connectivity index (χ0n) is 14.6. The summed E-state index contributed by atoms with van der Waals surface area (Å²) in [5.74, 6) is 0.828. The monoisotopic (exact) mass is 340 g/mol. The molecule has 1 fully saturated rings. The van der Waals surface area contributed by atoms with Crippen LogP contribution in [0, 0.1) is 0 Å². The first-order valence-corrected chi connectivity index (χ1v) is 10.0. The lowest BCUT2D eigenvalue weighted by atomic mass is 10.5. The van der Waals surface area contributed by atoms with Gasteiger partial charge in [0.25, 0.3) is 5.56 Å². The highest BCUT2D eigenvalue weighted by Gasteiger charge is 2.22. The number of aromatic nitrogens is 2. The van der Waals surface area contributed by atoms with E-state index in [1.807, 2.05) is 0 Å². The van der Waals surface area contributed by atoms with Crippen LogP contribution in [0.3, 0.4) is 0 Å². The number of nitrogens with two attached hydrogens (primary N) is 1. The SMILES string of the molecule is CC(C)P(COCCn1c(N)nc(NC2CC2)cc1=O)C(C)C. The lowest BCUT2D eigenvalue weighted by Gasteiger charge is -2.25. The maximum atomic E-state index is 12.2. The lowest BCUT2D eigenvalue weighted by Crippen LogP contribution is -2.27. The van der Waals surface area contributed by atoms with Gasteiger partial charge < -0.3 is 15.8 Å². The first kappa shape index (κ1) is 18.2. The van der Waals surface area contributed by atoms with E-state index in [1.54, 1.807) is 0 Å². The third-order valence-corrected chi connectivity index (χ3v) is 7.13. The minimum atomic E-state index is -0.149. The van der Waals surface area contributed by atoms with Crippen molar-refractivity contribution in [1.82, 2.24) is 9.55 Å². The summed E-state index contributed by atoms with van der Waals surface area (Å²) in [5.41, 5.74) is 7.08. The summed E-state index contributed by atoms with van der Waals surface area (Å²) in [6.07, 6.45) is 3.04. The van der Waals surface area contributed by atoms with E-state index in [9.17, 15) is 4.79 Å². The third kappa shape index (κ3) is 5.47. The summed E-state index contributed by atoms with van der Waals surface area (Å²) < 4.78 is 7.28. The van der Waals surface area contributed by atoms with Crippen LogP contribution < -0.4 is 16.6 Å². The molecule has 0 spiro atoms. The molecule has 130 valence electrons. The molecule has 0 radical (unpaired) electrons. The quantitative estimate of drug-likeness (QED) is 0.533. The molecule has 0 aromatic carbocycles. The van der Waals surface area contributed by atoms with Crippen LogP contribution in [0.2, 0.25) is 0 Å². The van der Waals surface area contributed by atoms with Crippen molar-refractivity contribution in [2.75, 3.05) is 24.0 Å². The number of nitrogen functional groups attached to an aromatic ring is 1. The minimum absolute atomic E-state index is 0.126. The highest BCUT2D eigenvalue weighted by molar-refractivity contribution is 7.58. The van der Waals surface area contributed by atoms with Crippen molar-refractivity contribution in [3.05, 3.63) is 16.4 Å². The number of nitrogens with one attached hydrogen (secondary N) is 1. The number of hydrogen-bond acceptors (Lipinski definition) is 5. The molecule has 23 heavy (non-hydrogen) atoms. The molecule has 7 heteroatoms. The second-order valence-corrected chi connectivity index (χ2v) is 10.00. The smallest absolute Gasteiger partial charge is 0.257 e. The highest BCUT2D eigenvalue weighted by atomic mass is 31.1. The second kappa shape index (κ2) is 8.11. The molecule has 0 amide bonds. The van der Waals surface area contributed by atoms with Crippen LogP contribution >= 0.6 is 7.92 Å². The van der Waals surface area contributed by atoms with Gasteiger partial charge in [-0.3, -0.25) is 9.36 Å². The molecule has 0 saturated heterocycles. The third-order valence-electron chi connectivity index (χ3n) is 3.99. The van der Waals surface area contributed by atoms with Gasteiger partial charge in [0, 0.05) is 12.1 Å². The number of hydrogen-bond donors (Lipinski definition) is 2. The Morgan fingerprint density at radius 3 is 2.57 bits per heavy atom. The van der Waals surface area contributed by atoms with Crippen molar-refractivity contribution in [3.63, 3.8) is 0 Å². The lowest BCUT2D eigenvalue weighted by molar-refractivity contribution is 0.168. The molecule has 1 saturated carbocycles. The van der Waals surface area contributed by atoms with Crippen molar-refractivity contribution in [3.8, 4) is 0 Å². The van der Waals surface area contributed by atoms with Crippen molar-refractivity contribution in [1.29, 1.82) is 0 Å². The minimum Gasteiger partial charge on any atom is -0.375 e. The van der Waals surface area contributed by atoms with E-state index >= 15 is 0 Å². The average Bonchev–Trinajstić information content (AvgIpc) is 3.24. The van der Waals surface area contributed by atoms with Gasteiger partial charge >= 0.3 is 0 Å². The van der Waals surface area contributed by atoms with Gasteiger partial charge in [0.1, 0.15) is 5.82 Å². The number of anilines is 2. The van der Waals surface area contributed by atoms with Gasteiger partial charge in [0.05, 0.1) is 19.5 Å². The van der Waals surface area contributed by atoms with Gasteiger partial charge in [0.15, 0.2) is 0 Å². The molecule has 1 aromatic rings. The van der Waals surface area contributed by atoms with Crippen molar-refractivity contribution < 1.29 is 4.74 Å². The molecule has 0 atom stereocenters. The van der Waals surface area contributed by atoms with Crippen molar-refractivity contribution >= 4 is 19.7 Å².